The lowest BCUT2D eigenvalue weighted by molar-refractivity contribution is 0.917. The highest BCUT2D eigenvalue weighted by Gasteiger charge is 2.08. The van der Waals surface area contributed by atoms with Crippen molar-refractivity contribution in [2.75, 3.05) is 5.73 Å². The van der Waals surface area contributed by atoms with Gasteiger partial charge in [-0.25, -0.2) is 9.50 Å². The van der Waals surface area contributed by atoms with E-state index in [0.29, 0.717) is 21.7 Å². The molecule has 0 saturated heterocycles. The van der Waals surface area contributed by atoms with Crippen molar-refractivity contribution in [3.63, 3.8) is 0 Å². The second kappa shape index (κ2) is 4.15. The Morgan fingerprint density at radius 1 is 1.11 bits per heavy atom. The molecule has 0 saturated carbocycles. The normalized spacial score (nSPS) is 11.0. The van der Waals surface area contributed by atoms with Gasteiger partial charge in [0.1, 0.15) is 5.52 Å². The SMILES string of the molecule is Nc1nc(-c2ccc(Cl)c(Cl)c2)nn2cccc12. The van der Waals surface area contributed by atoms with E-state index < -0.39 is 0 Å². The number of hydrogen-bond donors (Lipinski definition) is 1. The van der Waals surface area contributed by atoms with E-state index in [-0.39, 0.29) is 0 Å². The van der Waals surface area contributed by atoms with Crippen LogP contribution >= 0.6 is 23.2 Å². The van der Waals surface area contributed by atoms with Crippen LogP contribution in [0.5, 0.6) is 0 Å². The van der Waals surface area contributed by atoms with E-state index in [4.69, 9.17) is 28.9 Å². The van der Waals surface area contributed by atoms with Crippen molar-refractivity contribution < 1.29 is 0 Å². The van der Waals surface area contributed by atoms with Gasteiger partial charge in [0.25, 0.3) is 0 Å². The first-order valence-corrected chi connectivity index (χ1v) is 5.97. The van der Waals surface area contributed by atoms with Crippen molar-refractivity contribution >= 4 is 34.5 Å². The number of benzene rings is 1. The molecule has 18 heavy (non-hydrogen) atoms. The molecule has 0 aliphatic heterocycles. The number of nitrogens with zero attached hydrogens (tertiary/aromatic N) is 3. The van der Waals surface area contributed by atoms with E-state index in [2.05, 4.69) is 10.1 Å². The lowest BCUT2D eigenvalue weighted by Gasteiger charge is -2.05. The first-order chi connectivity index (χ1) is 8.65. The number of nitrogen functional groups attached to an aromatic ring is 1. The maximum Gasteiger partial charge on any atom is 0.182 e. The Bertz CT molecular complexity index is 736. The zero-order valence-corrected chi connectivity index (χ0v) is 10.7. The molecule has 0 amide bonds. The van der Waals surface area contributed by atoms with Crippen molar-refractivity contribution in [3.05, 3.63) is 46.6 Å². The molecule has 0 fully saturated rings. The smallest absolute Gasteiger partial charge is 0.182 e. The second-order valence-corrected chi connectivity index (χ2v) is 4.60. The molecule has 90 valence electrons. The van der Waals surface area contributed by atoms with Gasteiger partial charge in [-0.05, 0) is 30.3 Å². The minimum atomic E-state index is 0.427. The van der Waals surface area contributed by atoms with Gasteiger partial charge in [0.05, 0.1) is 10.0 Å². The van der Waals surface area contributed by atoms with Gasteiger partial charge in [-0.3, -0.25) is 0 Å². The summed E-state index contributed by atoms with van der Waals surface area (Å²) in [4.78, 5) is 4.26. The molecule has 4 nitrogen and oxygen atoms in total. The van der Waals surface area contributed by atoms with Crippen LogP contribution in [0.2, 0.25) is 10.0 Å². The molecule has 0 radical (unpaired) electrons. The lowest BCUT2D eigenvalue weighted by atomic mass is 10.2. The van der Waals surface area contributed by atoms with Crippen molar-refractivity contribution in [2.24, 2.45) is 0 Å². The first kappa shape index (κ1) is 11.3. The van der Waals surface area contributed by atoms with Crippen LogP contribution < -0.4 is 5.73 Å². The van der Waals surface area contributed by atoms with Crippen LogP contribution in [-0.4, -0.2) is 14.6 Å². The van der Waals surface area contributed by atoms with Gasteiger partial charge in [0.15, 0.2) is 11.6 Å². The lowest BCUT2D eigenvalue weighted by Crippen LogP contribution is -2.02. The molecule has 0 spiro atoms. The van der Waals surface area contributed by atoms with E-state index in [1.165, 1.54) is 0 Å². The molecule has 0 unspecified atom stereocenters. The van der Waals surface area contributed by atoms with E-state index in [1.54, 1.807) is 22.7 Å². The number of aromatic nitrogens is 3. The van der Waals surface area contributed by atoms with Crippen LogP contribution in [0.25, 0.3) is 16.9 Å². The molecule has 6 heteroatoms. The highest BCUT2D eigenvalue weighted by Crippen LogP contribution is 2.27. The molecule has 0 aliphatic carbocycles. The number of anilines is 1. The summed E-state index contributed by atoms with van der Waals surface area (Å²) in [6.45, 7) is 0. The third-order valence-corrected chi connectivity index (χ3v) is 3.34. The topological polar surface area (TPSA) is 56.2 Å². The fourth-order valence-electron chi connectivity index (χ4n) is 1.72. The molecule has 2 aromatic heterocycles. The Labute approximate surface area is 113 Å². The summed E-state index contributed by atoms with van der Waals surface area (Å²) in [7, 11) is 0. The van der Waals surface area contributed by atoms with Crippen molar-refractivity contribution in [3.8, 4) is 11.4 Å². The summed E-state index contributed by atoms with van der Waals surface area (Å²) in [6.07, 6.45) is 1.81. The monoisotopic (exact) mass is 278 g/mol. The van der Waals surface area contributed by atoms with Crippen LogP contribution in [0.3, 0.4) is 0 Å². The number of fused-ring (bicyclic) bond motifs is 1. The minimum Gasteiger partial charge on any atom is -0.382 e. The minimum absolute atomic E-state index is 0.427. The zero-order chi connectivity index (χ0) is 12.7. The quantitative estimate of drug-likeness (QED) is 0.743. The van der Waals surface area contributed by atoms with Gasteiger partial charge in [-0.1, -0.05) is 23.2 Å². The van der Waals surface area contributed by atoms with Crippen LogP contribution in [0.15, 0.2) is 36.5 Å². The van der Waals surface area contributed by atoms with Gasteiger partial charge in [0, 0.05) is 11.8 Å². The highest BCUT2D eigenvalue weighted by molar-refractivity contribution is 6.42. The van der Waals surface area contributed by atoms with Gasteiger partial charge in [-0.15, -0.1) is 5.10 Å². The summed E-state index contributed by atoms with van der Waals surface area (Å²) < 4.78 is 1.68. The summed E-state index contributed by atoms with van der Waals surface area (Å²) in [5.41, 5.74) is 7.42. The summed E-state index contributed by atoms with van der Waals surface area (Å²) >= 11 is 11.8. The van der Waals surface area contributed by atoms with Crippen LogP contribution in [0, 0.1) is 0 Å². The number of rotatable bonds is 1. The van der Waals surface area contributed by atoms with Crippen molar-refractivity contribution in [2.45, 2.75) is 0 Å². The number of nitrogens with two attached hydrogens (primary N) is 1. The predicted molar refractivity (Wildman–Crippen MR) is 72.9 cm³/mol. The van der Waals surface area contributed by atoms with E-state index in [1.807, 2.05) is 18.3 Å². The standard InChI is InChI=1S/C12H8Cl2N4/c13-8-4-3-7(6-9(8)14)12-16-11(15)10-2-1-5-18(10)17-12/h1-6H,(H2,15,16,17). The Balaban J connectivity index is 2.21. The Hall–Kier alpha value is -1.78. The maximum atomic E-state index is 5.98. The van der Waals surface area contributed by atoms with Gasteiger partial charge >= 0.3 is 0 Å². The predicted octanol–water partition coefficient (Wildman–Crippen LogP) is 3.29. The van der Waals surface area contributed by atoms with E-state index in [0.717, 1.165) is 11.1 Å². The maximum absolute atomic E-state index is 5.98. The molecular weight excluding hydrogens is 271 g/mol. The molecule has 0 atom stereocenters. The second-order valence-electron chi connectivity index (χ2n) is 3.79. The summed E-state index contributed by atoms with van der Waals surface area (Å²) in [5, 5.41) is 5.32. The Morgan fingerprint density at radius 2 is 1.94 bits per heavy atom. The van der Waals surface area contributed by atoms with E-state index >= 15 is 0 Å². The van der Waals surface area contributed by atoms with Crippen LogP contribution in [0.4, 0.5) is 5.82 Å². The summed E-state index contributed by atoms with van der Waals surface area (Å²) in [6, 6.07) is 8.94. The fourth-order valence-corrected chi connectivity index (χ4v) is 2.01. The van der Waals surface area contributed by atoms with E-state index in [9.17, 15) is 0 Å². The molecule has 2 heterocycles. The average molecular weight is 279 g/mol. The van der Waals surface area contributed by atoms with Crippen LogP contribution in [0.1, 0.15) is 0 Å². The van der Waals surface area contributed by atoms with Crippen molar-refractivity contribution in [1.82, 2.24) is 14.6 Å². The molecule has 3 rings (SSSR count). The molecule has 1 aromatic carbocycles. The molecule has 0 aliphatic rings. The Morgan fingerprint density at radius 3 is 2.72 bits per heavy atom. The molecule has 3 aromatic rings. The third kappa shape index (κ3) is 1.79. The van der Waals surface area contributed by atoms with Gasteiger partial charge in [0.2, 0.25) is 0 Å². The molecular formula is C12H8Cl2N4. The van der Waals surface area contributed by atoms with Crippen LogP contribution in [-0.2, 0) is 0 Å². The average Bonchev–Trinajstić information content (AvgIpc) is 2.81. The Kier molecular flexibility index (Phi) is 2.61. The molecule has 0 bridgehead atoms. The summed E-state index contributed by atoms with van der Waals surface area (Å²) in [5.74, 6) is 0.936. The van der Waals surface area contributed by atoms with Gasteiger partial charge < -0.3 is 5.73 Å². The molecule has 2 N–H and O–H groups in total. The number of hydrogen-bond acceptors (Lipinski definition) is 3. The first-order valence-electron chi connectivity index (χ1n) is 5.21. The zero-order valence-electron chi connectivity index (χ0n) is 9.14. The van der Waals surface area contributed by atoms with Gasteiger partial charge in [-0.2, -0.15) is 0 Å². The largest absolute Gasteiger partial charge is 0.382 e. The van der Waals surface area contributed by atoms with Crippen molar-refractivity contribution in [1.29, 1.82) is 0 Å². The number of halogens is 2. The highest BCUT2D eigenvalue weighted by atomic mass is 35.5. The third-order valence-electron chi connectivity index (χ3n) is 2.60. The fraction of sp³-hybridized carbons (Fsp3) is 0.